The second-order valence-corrected chi connectivity index (χ2v) is 5.56. The van der Waals surface area contributed by atoms with E-state index in [0.717, 1.165) is 25.7 Å². The SMILES string of the molecule is CC1(C)OC(=O)N(C2CCCCC2)C1(C)O. The number of carbonyl (C=O) groups excluding carboxylic acids is 1. The molecule has 0 aromatic carbocycles. The van der Waals surface area contributed by atoms with Crippen molar-refractivity contribution in [1.82, 2.24) is 4.90 Å². The smallest absolute Gasteiger partial charge is 0.413 e. The summed E-state index contributed by atoms with van der Waals surface area (Å²) in [5.74, 6) is 0. The number of aliphatic hydroxyl groups is 1. The summed E-state index contributed by atoms with van der Waals surface area (Å²) in [4.78, 5) is 13.4. The third-order valence-corrected chi connectivity index (χ3v) is 4.09. The predicted molar refractivity (Wildman–Crippen MR) is 59.9 cm³/mol. The van der Waals surface area contributed by atoms with Gasteiger partial charge in [-0.05, 0) is 33.6 Å². The average molecular weight is 227 g/mol. The van der Waals surface area contributed by atoms with Crippen LogP contribution in [0, 0.1) is 0 Å². The molecule has 1 heterocycles. The van der Waals surface area contributed by atoms with Gasteiger partial charge in [-0.3, -0.25) is 4.90 Å². The van der Waals surface area contributed by atoms with E-state index in [1.54, 1.807) is 25.7 Å². The Kier molecular flexibility index (Phi) is 2.65. The molecule has 0 aromatic rings. The van der Waals surface area contributed by atoms with Crippen molar-refractivity contribution in [3.05, 3.63) is 0 Å². The molecule has 0 spiro atoms. The van der Waals surface area contributed by atoms with Crippen molar-refractivity contribution in [2.45, 2.75) is 70.2 Å². The standard InChI is InChI=1S/C12H21NO3/c1-11(2)12(3,15)13(10(14)16-11)9-7-5-4-6-8-9/h9,15H,4-8H2,1-3H3. The van der Waals surface area contributed by atoms with Gasteiger partial charge in [-0.25, -0.2) is 4.79 Å². The van der Waals surface area contributed by atoms with Crippen molar-refractivity contribution in [2.75, 3.05) is 0 Å². The van der Waals surface area contributed by atoms with Gasteiger partial charge in [0.15, 0.2) is 11.3 Å². The summed E-state index contributed by atoms with van der Waals surface area (Å²) in [6.45, 7) is 5.19. The highest BCUT2D eigenvalue weighted by atomic mass is 16.6. The first-order chi connectivity index (χ1) is 7.36. The topological polar surface area (TPSA) is 49.8 Å². The van der Waals surface area contributed by atoms with Gasteiger partial charge < -0.3 is 9.84 Å². The first-order valence-corrected chi connectivity index (χ1v) is 6.11. The lowest BCUT2D eigenvalue weighted by molar-refractivity contribution is -0.139. The molecule has 1 aliphatic carbocycles. The van der Waals surface area contributed by atoms with Crippen molar-refractivity contribution in [1.29, 1.82) is 0 Å². The van der Waals surface area contributed by atoms with Gasteiger partial charge in [0.2, 0.25) is 0 Å². The van der Waals surface area contributed by atoms with Gasteiger partial charge >= 0.3 is 6.09 Å². The summed E-state index contributed by atoms with van der Waals surface area (Å²) in [5, 5.41) is 10.5. The molecule has 2 rings (SSSR count). The van der Waals surface area contributed by atoms with Crippen molar-refractivity contribution in [3.8, 4) is 0 Å². The van der Waals surface area contributed by atoms with E-state index in [2.05, 4.69) is 0 Å². The van der Waals surface area contributed by atoms with Crippen LogP contribution in [-0.4, -0.2) is 33.5 Å². The largest absolute Gasteiger partial charge is 0.438 e. The van der Waals surface area contributed by atoms with Crippen molar-refractivity contribution < 1.29 is 14.6 Å². The molecule has 4 heteroatoms. The van der Waals surface area contributed by atoms with Crippen LogP contribution < -0.4 is 0 Å². The molecular formula is C12H21NO3. The fourth-order valence-corrected chi connectivity index (χ4v) is 2.68. The fourth-order valence-electron chi connectivity index (χ4n) is 2.68. The monoisotopic (exact) mass is 227 g/mol. The lowest BCUT2D eigenvalue weighted by atomic mass is 9.89. The van der Waals surface area contributed by atoms with Gasteiger partial charge in [0.25, 0.3) is 0 Å². The highest BCUT2D eigenvalue weighted by Crippen LogP contribution is 2.41. The number of hydrogen-bond acceptors (Lipinski definition) is 3. The van der Waals surface area contributed by atoms with Crippen molar-refractivity contribution in [3.63, 3.8) is 0 Å². The highest BCUT2D eigenvalue weighted by molar-refractivity contribution is 5.72. The normalized spacial score (nSPS) is 35.2. The number of hydrogen-bond donors (Lipinski definition) is 1. The molecule has 2 aliphatic rings. The van der Waals surface area contributed by atoms with E-state index in [9.17, 15) is 9.90 Å². The first kappa shape index (κ1) is 11.7. The van der Waals surface area contributed by atoms with E-state index in [0.29, 0.717) is 0 Å². The highest BCUT2D eigenvalue weighted by Gasteiger charge is 2.58. The third kappa shape index (κ3) is 1.59. The predicted octanol–water partition coefficient (Wildman–Crippen LogP) is 2.26. The van der Waals surface area contributed by atoms with Gasteiger partial charge in [-0.15, -0.1) is 0 Å². The summed E-state index contributed by atoms with van der Waals surface area (Å²) in [7, 11) is 0. The lowest BCUT2D eigenvalue weighted by Crippen LogP contribution is -2.57. The summed E-state index contributed by atoms with van der Waals surface area (Å²) in [5.41, 5.74) is -2.03. The maximum atomic E-state index is 11.8. The van der Waals surface area contributed by atoms with Crippen LogP contribution in [0.25, 0.3) is 0 Å². The molecule has 16 heavy (non-hydrogen) atoms. The van der Waals surface area contributed by atoms with E-state index in [4.69, 9.17) is 4.74 Å². The fraction of sp³-hybridized carbons (Fsp3) is 0.917. The molecule has 1 saturated carbocycles. The van der Waals surface area contributed by atoms with Gasteiger partial charge in [0.05, 0.1) is 0 Å². The van der Waals surface area contributed by atoms with Crippen LogP contribution in [0.5, 0.6) is 0 Å². The molecule has 0 aromatic heterocycles. The van der Waals surface area contributed by atoms with E-state index in [1.807, 2.05) is 0 Å². The third-order valence-electron chi connectivity index (χ3n) is 4.09. The summed E-state index contributed by atoms with van der Waals surface area (Å²) >= 11 is 0. The summed E-state index contributed by atoms with van der Waals surface area (Å²) in [6, 6.07) is 0.137. The molecule has 0 radical (unpaired) electrons. The van der Waals surface area contributed by atoms with Gasteiger partial charge in [-0.2, -0.15) is 0 Å². The van der Waals surface area contributed by atoms with Crippen LogP contribution in [0.3, 0.4) is 0 Å². The molecule has 92 valence electrons. The lowest BCUT2D eigenvalue weighted by Gasteiger charge is -2.40. The maximum Gasteiger partial charge on any atom is 0.413 e. The van der Waals surface area contributed by atoms with Gasteiger partial charge in [0, 0.05) is 6.04 Å². The zero-order valence-electron chi connectivity index (χ0n) is 10.3. The maximum absolute atomic E-state index is 11.8. The number of ether oxygens (including phenoxy) is 1. The summed E-state index contributed by atoms with van der Waals surface area (Å²) in [6.07, 6.45) is 5.06. The Morgan fingerprint density at radius 3 is 2.25 bits per heavy atom. The van der Waals surface area contributed by atoms with Gasteiger partial charge in [0.1, 0.15) is 0 Å². The quantitative estimate of drug-likeness (QED) is 0.747. The zero-order valence-corrected chi connectivity index (χ0v) is 10.3. The Bertz CT molecular complexity index is 293. The number of nitrogens with zero attached hydrogens (tertiary/aromatic N) is 1. The first-order valence-electron chi connectivity index (χ1n) is 6.11. The minimum absolute atomic E-state index is 0.137. The number of rotatable bonds is 1. The average Bonchev–Trinajstić information content (AvgIpc) is 2.33. The van der Waals surface area contributed by atoms with E-state index >= 15 is 0 Å². The molecule has 1 unspecified atom stereocenters. The van der Waals surface area contributed by atoms with Crippen LogP contribution >= 0.6 is 0 Å². The summed E-state index contributed by atoms with van der Waals surface area (Å²) < 4.78 is 5.27. The second kappa shape index (κ2) is 3.62. The second-order valence-electron chi connectivity index (χ2n) is 5.56. The van der Waals surface area contributed by atoms with E-state index < -0.39 is 11.3 Å². The van der Waals surface area contributed by atoms with Crippen LogP contribution in [0.4, 0.5) is 4.79 Å². The van der Waals surface area contributed by atoms with Crippen molar-refractivity contribution in [2.24, 2.45) is 0 Å². The Morgan fingerprint density at radius 1 is 1.25 bits per heavy atom. The zero-order chi connectivity index (χ0) is 12.0. The van der Waals surface area contributed by atoms with Gasteiger partial charge in [-0.1, -0.05) is 19.3 Å². The molecule has 1 aliphatic heterocycles. The number of cyclic esters (lactones) is 1. The van der Waals surface area contributed by atoms with Crippen LogP contribution in [0.2, 0.25) is 0 Å². The molecule has 1 saturated heterocycles. The molecule has 2 fully saturated rings. The molecule has 4 nitrogen and oxygen atoms in total. The number of amides is 1. The van der Waals surface area contributed by atoms with Crippen LogP contribution in [0.15, 0.2) is 0 Å². The Labute approximate surface area is 96.6 Å². The Hall–Kier alpha value is -0.770. The van der Waals surface area contributed by atoms with Crippen LogP contribution in [-0.2, 0) is 4.74 Å². The minimum Gasteiger partial charge on any atom is -0.438 e. The Balaban J connectivity index is 2.22. The molecule has 0 bridgehead atoms. The minimum atomic E-state index is -1.20. The molecule has 1 atom stereocenters. The van der Waals surface area contributed by atoms with E-state index in [-0.39, 0.29) is 12.1 Å². The number of carbonyl (C=O) groups is 1. The molecule has 1 N–H and O–H groups in total. The Morgan fingerprint density at radius 2 is 1.81 bits per heavy atom. The van der Waals surface area contributed by atoms with E-state index in [1.165, 1.54) is 6.42 Å². The van der Waals surface area contributed by atoms with Crippen molar-refractivity contribution >= 4 is 6.09 Å². The molecule has 1 amide bonds. The van der Waals surface area contributed by atoms with Crippen LogP contribution in [0.1, 0.15) is 52.9 Å². The molecular weight excluding hydrogens is 206 g/mol.